The highest BCUT2D eigenvalue weighted by atomic mass is 16.5. The van der Waals surface area contributed by atoms with Gasteiger partial charge in [-0.25, -0.2) is 4.98 Å². The predicted molar refractivity (Wildman–Crippen MR) is 93.8 cm³/mol. The Morgan fingerprint density at radius 1 is 1.13 bits per heavy atom. The maximum Gasteiger partial charge on any atom is 0.223 e. The molecule has 3 heteroatoms. The third kappa shape index (κ3) is 4.11. The van der Waals surface area contributed by atoms with Crippen LogP contribution in [0.2, 0.25) is 0 Å². The Balaban J connectivity index is 1.86. The minimum absolute atomic E-state index is 0.415. The monoisotopic (exact) mass is 310 g/mol. The summed E-state index contributed by atoms with van der Waals surface area (Å²) in [5, 5.41) is 0. The Morgan fingerprint density at radius 3 is 2.74 bits per heavy atom. The molecule has 23 heavy (non-hydrogen) atoms. The van der Waals surface area contributed by atoms with Crippen LogP contribution in [-0.2, 0) is 0 Å². The second-order valence-corrected chi connectivity index (χ2v) is 6.71. The molecule has 1 fully saturated rings. The summed E-state index contributed by atoms with van der Waals surface area (Å²) in [6.45, 7) is 6.87. The maximum atomic E-state index is 6.08. The van der Waals surface area contributed by atoms with Crippen LogP contribution < -0.4 is 4.74 Å². The highest BCUT2D eigenvalue weighted by Gasteiger charge is 2.27. The highest BCUT2D eigenvalue weighted by molar-refractivity contribution is 5.34. The molecule has 3 nitrogen and oxygen atoms in total. The number of pyridine rings is 1. The Kier molecular flexibility index (Phi) is 5.29. The molecule has 1 aromatic heterocycles. The van der Waals surface area contributed by atoms with Crippen molar-refractivity contribution < 1.29 is 4.74 Å². The molecule has 0 radical (unpaired) electrons. The molecule has 3 rings (SSSR count). The van der Waals surface area contributed by atoms with Crippen LogP contribution in [-0.4, -0.2) is 23.0 Å². The fourth-order valence-electron chi connectivity index (χ4n) is 3.37. The summed E-state index contributed by atoms with van der Waals surface area (Å²) in [7, 11) is 0. The minimum atomic E-state index is 0.415. The van der Waals surface area contributed by atoms with Crippen molar-refractivity contribution in [2.45, 2.75) is 39.2 Å². The van der Waals surface area contributed by atoms with E-state index in [4.69, 9.17) is 4.74 Å². The zero-order valence-corrected chi connectivity index (χ0v) is 14.1. The topological polar surface area (TPSA) is 25.4 Å². The number of aromatic nitrogens is 1. The molecule has 1 unspecified atom stereocenters. The van der Waals surface area contributed by atoms with E-state index in [0.29, 0.717) is 12.0 Å². The molecule has 1 atom stereocenters. The van der Waals surface area contributed by atoms with E-state index in [1.807, 2.05) is 42.6 Å². The highest BCUT2D eigenvalue weighted by Crippen LogP contribution is 2.36. The lowest BCUT2D eigenvalue weighted by Crippen LogP contribution is -2.36. The Labute approximate surface area is 139 Å². The van der Waals surface area contributed by atoms with Gasteiger partial charge in [0.05, 0.1) is 0 Å². The van der Waals surface area contributed by atoms with Crippen LogP contribution in [0.15, 0.2) is 48.7 Å². The zero-order chi connectivity index (χ0) is 16.1. The number of piperidine rings is 1. The van der Waals surface area contributed by atoms with E-state index in [2.05, 4.69) is 29.8 Å². The summed E-state index contributed by atoms with van der Waals surface area (Å²) in [4.78, 5) is 7.11. The van der Waals surface area contributed by atoms with Gasteiger partial charge >= 0.3 is 0 Å². The molecule has 0 saturated carbocycles. The number of rotatable bonds is 5. The van der Waals surface area contributed by atoms with Gasteiger partial charge in [0.25, 0.3) is 0 Å². The largest absolute Gasteiger partial charge is 0.439 e. The second kappa shape index (κ2) is 7.60. The normalized spacial score (nSPS) is 19.0. The second-order valence-electron chi connectivity index (χ2n) is 6.71. The first-order chi connectivity index (χ1) is 11.2. The van der Waals surface area contributed by atoms with Gasteiger partial charge in [-0.05, 0) is 43.5 Å². The Bertz CT molecular complexity index is 612. The molecule has 2 heterocycles. The van der Waals surface area contributed by atoms with E-state index in [1.54, 1.807) is 0 Å². The molecule has 0 amide bonds. The van der Waals surface area contributed by atoms with Gasteiger partial charge in [0.15, 0.2) is 0 Å². The molecule has 1 aliphatic rings. The van der Waals surface area contributed by atoms with Crippen LogP contribution in [0, 0.1) is 5.92 Å². The van der Waals surface area contributed by atoms with Crippen molar-refractivity contribution in [1.82, 2.24) is 9.88 Å². The van der Waals surface area contributed by atoms with Gasteiger partial charge in [-0.3, -0.25) is 4.90 Å². The van der Waals surface area contributed by atoms with E-state index in [0.717, 1.165) is 18.2 Å². The first-order valence-electron chi connectivity index (χ1n) is 8.66. The summed E-state index contributed by atoms with van der Waals surface area (Å²) >= 11 is 0. The van der Waals surface area contributed by atoms with Crippen LogP contribution in [0.25, 0.3) is 0 Å². The van der Waals surface area contributed by atoms with E-state index < -0.39 is 0 Å². The SMILES string of the molecule is CC(C)CN1CCCCC1c1cccnc1Oc1ccccc1. The molecular formula is C20H26N2O. The van der Waals surface area contributed by atoms with Crippen LogP contribution in [0.1, 0.15) is 44.7 Å². The van der Waals surface area contributed by atoms with Crippen molar-refractivity contribution in [2.24, 2.45) is 5.92 Å². The maximum absolute atomic E-state index is 6.08. The average molecular weight is 310 g/mol. The van der Waals surface area contributed by atoms with Gasteiger partial charge < -0.3 is 4.74 Å². The number of ether oxygens (including phenoxy) is 1. The predicted octanol–water partition coefficient (Wildman–Crippen LogP) is 5.06. The van der Waals surface area contributed by atoms with Crippen molar-refractivity contribution in [3.63, 3.8) is 0 Å². The quantitative estimate of drug-likeness (QED) is 0.772. The van der Waals surface area contributed by atoms with Gasteiger partial charge in [0.1, 0.15) is 5.75 Å². The summed E-state index contributed by atoms with van der Waals surface area (Å²) in [6.07, 6.45) is 5.57. The molecular weight excluding hydrogens is 284 g/mol. The summed E-state index contributed by atoms with van der Waals surface area (Å²) in [6, 6.07) is 14.5. The lowest BCUT2D eigenvalue weighted by Gasteiger charge is -2.37. The fourth-order valence-corrected chi connectivity index (χ4v) is 3.37. The molecule has 122 valence electrons. The molecule has 0 aliphatic carbocycles. The minimum Gasteiger partial charge on any atom is -0.439 e. The van der Waals surface area contributed by atoms with Crippen molar-refractivity contribution in [3.8, 4) is 11.6 Å². The number of hydrogen-bond donors (Lipinski definition) is 0. The van der Waals surface area contributed by atoms with Gasteiger partial charge in [-0.15, -0.1) is 0 Å². The van der Waals surface area contributed by atoms with Gasteiger partial charge in [-0.1, -0.05) is 44.5 Å². The number of para-hydroxylation sites is 1. The Morgan fingerprint density at radius 2 is 1.96 bits per heavy atom. The van der Waals surface area contributed by atoms with Crippen LogP contribution in [0.3, 0.4) is 0 Å². The van der Waals surface area contributed by atoms with Gasteiger partial charge in [0.2, 0.25) is 5.88 Å². The molecule has 1 aliphatic heterocycles. The first-order valence-corrected chi connectivity index (χ1v) is 8.66. The van der Waals surface area contributed by atoms with Gasteiger partial charge in [0, 0.05) is 24.3 Å². The smallest absolute Gasteiger partial charge is 0.223 e. The fraction of sp³-hybridized carbons (Fsp3) is 0.450. The number of nitrogens with zero attached hydrogens (tertiary/aromatic N) is 2. The average Bonchev–Trinajstić information content (AvgIpc) is 2.56. The lowest BCUT2D eigenvalue weighted by atomic mass is 9.95. The first kappa shape index (κ1) is 16.0. The molecule has 0 N–H and O–H groups in total. The van der Waals surface area contributed by atoms with E-state index >= 15 is 0 Å². The molecule has 2 aromatic rings. The number of hydrogen-bond acceptors (Lipinski definition) is 3. The van der Waals surface area contributed by atoms with Crippen LogP contribution >= 0.6 is 0 Å². The lowest BCUT2D eigenvalue weighted by molar-refractivity contribution is 0.130. The van der Waals surface area contributed by atoms with Crippen LogP contribution in [0.4, 0.5) is 0 Å². The van der Waals surface area contributed by atoms with Crippen molar-refractivity contribution in [2.75, 3.05) is 13.1 Å². The number of benzene rings is 1. The number of likely N-dealkylation sites (tertiary alicyclic amines) is 1. The summed E-state index contributed by atoms with van der Waals surface area (Å²) in [5.41, 5.74) is 1.22. The van der Waals surface area contributed by atoms with Crippen molar-refractivity contribution >= 4 is 0 Å². The van der Waals surface area contributed by atoms with Crippen molar-refractivity contribution in [1.29, 1.82) is 0 Å². The third-order valence-corrected chi connectivity index (χ3v) is 4.33. The summed E-state index contributed by atoms with van der Waals surface area (Å²) < 4.78 is 6.08. The molecule has 0 spiro atoms. The van der Waals surface area contributed by atoms with E-state index in [-0.39, 0.29) is 0 Å². The molecule has 0 bridgehead atoms. The third-order valence-electron chi connectivity index (χ3n) is 4.33. The van der Waals surface area contributed by atoms with E-state index in [1.165, 1.54) is 31.4 Å². The van der Waals surface area contributed by atoms with Crippen molar-refractivity contribution in [3.05, 3.63) is 54.2 Å². The van der Waals surface area contributed by atoms with Crippen LogP contribution in [0.5, 0.6) is 11.6 Å². The molecule has 1 aromatic carbocycles. The Hall–Kier alpha value is -1.87. The standard InChI is InChI=1S/C20H26N2O/c1-16(2)15-22-14-7-6-12-19(22)18-11-8-13-21-20(18)23-17-9-4-3-5-10-17/h3-5,8-11,13,16,19H,6-7,12,14-15H2,1-2H3. The van der Waals surface area contributed by atoms with Gasteiger partial charge in [-0.2, -0.15) is 0 Å². The zero-order valence-electron chi connectivity index (χ0n) is 14.1. The molecule has 1 saturated heterocycles. The summed E-state index contributed by atoms with van der Waals surface area (Å²) in [5.74, 6) is 2.27. The van der Waals surface area contributed by atoms with E-state index in [9.17, 15) is 0 Å².